The number of hydrogen-bond donors (Lipinski definition) is 1. The molecule has 126 valence electrons. The number of nitrogens with one attached hydrogen (secondary N) is 1. The van der Waals surface area contributed by atoms with E-state index in [1.165, 1.54) is 0 Å². The lowest BCUT2D eigenvalue weighted by atomic mass is 10.1. The van der Waals surface area contributed by atoms with Gasteiger partial charge in [-0.25, -0.2) is 4.98 Å². The van der Waals surface area contributed by atoms with Crippen LogP contribution in [-0.2, 0) is 22.6 Å². The average molecular weight is 327 g/mol. The van der Waals surface area contributed by atoms with Crippen LogP contribution in [0.2, 0.25) is 0 Å². The lowest BCUT2D eigenvalue weighted by molar-refractivity contribution is -0.136. The number of hydrogen-bond acceptors (Lipinski definition) is 4. The maximum atomic E-state index is 12.5. The van der Waals surface area contributed by atoms with Gasteiger partial charge in [0.1, 0.15) is 17.5 Å². The standard InChI is InChI=1S/C18H21N3O3/c1-3-16(22)19-12(2)18(23)21-10-9-15-14(11-21)20-17(24-15)13-7-5-4-6-8-13/h4-8,12H,3,9-11H2,1-2H3,(H,19,22). The normalized spacial score (nSPS) is 14.8. The Morgan fingerprint density at radius 1 is 1.33 bits per heavy atom. The molecule has 6 nitrogen and oxygen atoms in total. The molecule has 3 rings (SSSR count). The molecule has 1 atom stereocenters. The Morgan fingerprint density at radius 2 is 2.08 bits per heavy atom. The number of fused-ring (bicyclic) bond motifs is 1. The van der Waals surface area contributed by atoms with Crippen molar-refractivity contribution in [2.45, 2.75) is 39.3 Å². The molecule has 0 saturated heterocycles. The summed E-state index contributed by atoms with van der Waals surface area (Å²) in [5.41, 5.74) is 1.72. The van der Waals surface area contributed by atoms with Crippen LogP contribution < -0.4 is 5.32 Å². The van der Waals surface area contributed by atoms with Crippen LogP contribution in [0.15, 0.2) is 34.7 Å². The summed E-state index contributed by atoms with van der Waals surface area (Å²) in [5.74, 6) is 1.21. The van der Waals surface area contributed by atoms with E-state index in [1.807, 2.05) is 30.3 Å². The van der Waals surface area contributed by atoms with Gasteiger partial charge in [0.05, 0.1) is 6.54 Å². The van der Waals surface area contributed by atoms with E-state index in [1.54, 1.807) is 18.7 Å². The summed E-state index contributed by atoms with van der Waals surface area (Å²) in [6.07, 6.45) is 1.00. The predicted octanol–water partition coefficient (Wildman–Crippen LogP) is 2.14. The van der Waals surface area contributed by atoms with Crippen LogP contribution >= 0.6 is 0 Å². The summed E-state index contributed by atoms with van der Waals surface area (Å²) in [4.78, 5) is 30.2. The highest BCUT2D eigenvalue weighted by molar-refractivity contribution is 5.87. The van der Waals surface area contributed by atoms with E-state index in [9.17, 15) is 9.59 Å². The third-order valence-corrected chi connectivity index (χ3v) is 4.13. The van der Waals surface area contributed by atoms with Gasteiger partial charge in [-0.1, -0.05) is 25.1 Å². The first-order valence-electron chi connectivity index (χ1n) is 8.20. The number of benzene rings is 1. The van der Waals surface area contributed by atoms with Crippen molar-refractivity contribution in [3.8, 4) is 11.5 Å². The van der Waals surface area contributed by atoms with E-state index in [-0.39, 0.29) is 11.8 Å². The molecule has 0 bridgehead atoms. The van der Waals surface area contributed by atoms with Crippen molar-refractivity contribution in [3.05, 3.63) is 41.8 Å². The quantitative estimate of drug-likeness (QED) is 0.933. The number of oxazole rings is 1. The minimum absolute atomic E-state index is 0.0910. The summed E-state index contributed by atoms with van der Waals surface area (Å²) >= 11 is 0. The molecule has 2 heterocycles. The number of amides is 2. The van der Waals surface area contributed by atoms with Gasteiger partial charge in [-0.15, -0.1) is 0 Å². The van der Waals surface area contributed by atoms with Crippen LogP contribution in [0.5, 0.6) is 0 Å². The fraction of sp³-hybridized carbons (Fsp3) is 0.389. The Hall–Kier alpha value is -2.63. The van der Waals surface area contributed by atoms with E-state index in [0.29, 0.717) is 31.8 Å². The molecule has 1 N–H and O–H groups in total. The Kier molecular flexibility index (Phi) is 4.64. The molecule has 6 heteroatoms. The van der Waals surface area contributed by atoms with Crippen molar-refractivity contribution in [1.29, 1.82) is 0 Å². The van der Waals surface area contributed by atoms with Crippen molar-refractivity contribution in [3.63, 3.8) is 0 Å². The molecule has 0 aliphatic carbocycles. The van der Waals surface area contributed by atoms with Gasteiger partial charge in [0.25, 0.3) is 0 Å². The highest BCUT2D eigenvalue weighted by atomic mass is 16.4. The van der Waals surface area contributed by atoms with E-state index in [0.717, 1.165) is 17.0 Å². The van der Waals surface area contributed by atoms with Crippen molar-refractivity contribution >= 4 is 11.8 Å². The average Bonchev–Trinajstić information content (AvgIpc) is 3.04. The SMILES string of the molecule is CCC(=O)NC(C)C(=O)N1CCc2oc(-c3ccccc3)nc2C1. The zero-order valence-corrected chi connectivity index (χ0v) is 13.9. The Labute approximate surface area is 140 Å². The van der Waals surface area contributed by atoms with Crippen LogP contribution in [0.3, 0.4) is 0 Å². The van der Waals surface area contributed by atoms with Crippen molar-refractivity contribution in [2.24, 2.45) is 0 Å². The van der Waals surface area contributed by atoms with Gasteiger partial charge in [-0.3, -0.25) is 9.59 Å². The van der Waals surface area contributed by atoms with Gasteiger partial charge in [0.15, 0.2) is 0 Å². The maximum Gasteiger partial charge on any atom is 0.245 e. The van der Waals surface area contributed by atoms with Gasteiger partial charge in [-0.2, -0.15) is 0 Å². The Bertz CT molecular complexity index is 739. The molecular weight excluding hydrogens is 306 g/mol. The molecular formula is C18H21N3O3. The Balaban J connectivity index is 1.71. The lowest BCUT2D eigenvalue weighted by Crippen LogP contribution is -2.48. The summed E-state index contributed by atoms with van der Waals surface area (Å²) < 4.78 is 5.84. The number of carbonyl (C=O) groups is 2. The summed E-state index contributed by atoms with van der Waals surface area (Å²) in [7, 11) is 0. The van der Waals surface area contributed by atoms with Gasteiger partial charge in [0.2, 0.25) is 17.7 Å². The highest BCUT2D eigenvalue weighted by Gasteiger charge is 2.28. The van der Waals surface area contributed by atoms with Crippen LogP contribution in [0.25, 0.3) is 11.5 Å². The number of aromatic nitrogens is 1. The second kappa shape index (κ2) is 6.86. The zero-order chi connectivity index (χ0) is 17.1. The maximum absolute atomic E-state index is 12.5. The topological polar surface area (TPSA) is 75.4 Å². The lowest BCUT2D eigenvalue weighted by Gasteiger charge is -2.28. The fourth-order valence-electron chi connectivity index (χ4n) is 2.77. The second-order valence-corrected chi connectivity index (χ2v) is 5.91. The van der Waals surface area contributed by atoms with Crippen molar-refractivity contribution in [2.75, 3.05) is 6.54 Å². The molecule has 24 heavy (non-hydrogen) atoms. The largest absolute Gasteiger partial charge is 0.441 e. The predicted molar refractivity (Wildman–Crippen MR) is 89.0 cm³/mol. The minimum atomic E-state index is -0.528. The summed E-state index contributed by atoms with van der Waals surface area (Å²) in [6.45, 7) is 4.46. The third kappa shape index (κ3) is 3.32. The van der Waals surface area contributed by atoms with Crippen LogP contribution in [0.1, 0.15) is 31.7 Å². The molecule has 1 unspecified atom stereocenters. The summed E-state index contributed by atoms with van der Waals surface area (Å²) in [5, 5.41) is 2.71. The molecule has 0 fully saturated rings. The smallest absolute Gasteiger partial charge is 0.245 e. The van der Waals surface area contributed by atoms with Gasteiger partial charge < -0.3 is 14.6 Å². The first-order valence-corrected chi connectivity index (χ1v) is 8.20. The number of nitrogens with zero attached hydrogens (tertiary/aromatic N) is 2. The molecule has 0 radical (unpaired) electrons. The molecule has 0 saturated carbocycles. The summed E-state index contributed by atoms with van der Waals surface area (Å²) in [6, 6.07) is 9.18. The van der Waals surface area contributed by atoms with Crippen LogP contribution in [-0.4, -0.2) is 34.3 Å². The van der Waals surface area contributed by atoms with Gasteiger partial charge in [-0.05, 0) is 19.1 Å². The second-order valence-electron chi connectivity index (χ2n) is 5.91. The van der Waals surface area contributed by atoms with Gasteiger partial charge in [0, 0.05) is 24.9 Å². The van der Waals surface area contributed by atoms with Crippen LogP contribution in [0, 0.1) is 0 Å². The van der Waals surface area contributed by atoms with Crippen molar-refractivity contribution in [1.82, 2.24) is 15.2 Å². The third-order valence-electron chi connectivity index (χ3n) is 4.13. The van der Waals surface area contributed by atoms with Crippen LogP contribution in [0.4, 0.5) is 0 Å². The molecule has 0 spiro atoms. The molecule has 2 aromatic rings. The first kappa shape index (κ1) is 16.2. The molecule has 1 aromatic heterocycles. The van der Waals surface area contributed by atoms with E-state index in [4.69, 9.17) is 4.42 Å². The van der Waals surface area contributed by atoms with E-state index in [2.05, 4.69) is 10.3 Å². The molecule has 1 aromatic carbocycles. The zero-order valence-electron chi connectivity index (χ0n) is 13.9. The monoisotopic (exact) mass is 327 g/mol. The minimum Gasteiger partial charge on any atom is -0.441 e. The van der Waals surface area contributed by atoms with E-state index >= 15 is 0 Å². The van der Waals surface area contributed by atoms with E-state index < -0.39 is 6.04 Å². The Morgan fingerprint density at radius 3 is 2.79 bits per heavy atom. The molecule has 1 aliphatic heterocycles. The fourth-order valence-corrected chi connectivity index (χ4v) is 2.77. The highest BCUT2D eigenvalue weighted by Crippen LogP contribution is 2.26. The van der Waals surface area contributed by atoms with Gasteiger partial charge >= 0.3 is 0 Å². The molecule has 1 aliphatic rings. The molecule has 2 amide bonds. The number of rotatable bonds is 4. The number of carbonyl (C=O) groups excluding carboxylic acids is 2. The van der Waals surface area contributed by atoms with Crippen molar-refractivity contribution < 1.29 is 14.0 Å². The first-order chi connectivity index (χ1) is 11.6.